The second kappa shape index (κ2) is 5.72. The summed E-state index contributed by atoms with van der Waals surface area (Å²) in [5, 5.41) is 1.12. The van der Waals surface area contributed by atoms with Crippen LogP contribution in [-0.2, 0) is 6.42 Å². The molecular formula is C14H19BrO. The van der Waals surface area contributed by atoms with Crippen molar-refractivity contribution < 1.29 is 4.74 Å². The summed E-state index contributed by atoms with van der Waals surface area (Å²) in [6.07, 6.45) is 6.48. The van der Waals surface area contributed by atoms with Gasteiger partial charge in [0, 0.05) is 5.33 Å². The van der Waals surface area contributed by atoms with Crippen LogP contribution in [0.3, 0.4) is 0 Å². The highest BCUT2D eigenvalue weighted by Crippen LogP contribution is 2.36. The number of hydrogen-bond donors (Lipinski definition) is 0. The van der Waals surface area contributed by atoms with Crippen LogP contribution in [0.5, 0.6) is 5.75 Å². The minimum atomic E-state index is 0.771. The highest BCUT2D eigenvalue weighted by atomic mass is 79.9. The molecule has 1 nitrogen and oxygen atoms in total. The monoisotopic (exact) mass is 282 g/mol. The van der Waals surface area contributed by atoms with Gasteiger partial charge in [-0.15, -0.1) is 0 Å². The second-order valence-corrected chi connectivity index (χ2v) is 5.28. The van der Waals surface area contributed by atoms with Crippen molar-refractivity contribution in [3.8, 4) is 5.75 Å². The maximum atomic E-state index is 5.29. The highest BCUT2D eigenvalue weighted by Gasteiger charge is 2.19. The summed E-state index contributed by atoms with van der Waals surface area (Å²) in [7, 11) is 1.74. The number of rotatable bonds is 4. The van der Waals surface area contributed by atoms with Gasteiger partial charge in [-0.05, 0) is 61.3 Å². The molecule has 2 heteroatoms. The molecule has 0 saturated heterocycles. The van der Waals surface area contributed by atoms with Crippen LogP contribution in [0.25, 0.3) is 0 Å². The Bertz CT molecular complexity index is 349. The zero-order chi connectivity index (χ0) is 11.4. The van der Waals surface area contributed by atoms with E-state index < -0.39 is 0 Å². The number of halogens is 1. The molecular weight excluding hydrogens is 264 g/mol. The Balaban J connectivity index is 2.18. The molecule has 2 rings (SSSR count). The molecule has 16 heavy (non-hydrogen) atoms. The van der Waals surface area contributed by atoms with Crippen LogP contribution in [0.4, 0.5) is 0 Å². The van der Waals surface area contributed by atoms with Crippen LogP contribution < -0.4 is 4.74 Å². The maximum absolute atomic E-state index is 5.29. The number of aryl methyl sites for hydroxylation is 1. The first-order valence-corrected chi connectivity index (χ1v) is 7.20. The Labute approximate surface area is 106 Å². The van der Waals surface area contributed by atoms with Gasteiger partial charge >= 0.3 is 0 Å². The lowest BCUT2D eigenvalue weighted by Gasteiger charge is -2.25. The summed E-state index contributed by atoms with van der Waals surface area (Å²) in [5.74, 6) is 1.77. The van der Waals surface area contributed by atoms with Gasteiger partial charge in [0.15, 0.2) is 0 Å². The van der Waals surface area contributed by atoms with E-state index in [4.69, 9.17) is 4.74 Å². The van der Waals surface area contributed by atoms with Gasteiger partial charge in [0.2, 0.25) is 0 Å². The predicted molar refractivity (Wildman–Crippen MR) is 71.7 cm³/mol. The summed E-state index contributed by atoms with van der Waals surface area (Å²) in [5.41, 5.74) is 3.07. The van der Waals surface area contributed by atoms with Crippen molar-refractivity contribution >= 4 is 15.9 Å². The molecule has 1 aliphatic rings. The number of benzene rings is 1. The first-order chi connectivity index (χ1) is 7.85. The van der Waals surface area contributed by atoms with Gasteiger partial charge in [0.1, 0.15) is 5.75 Å². The van der Waals surface area contributed by atoms with Crippen LogP contribution in [-0.4, -0.2) is 12.4 Å². The first-order valence-electron chi connectivity index (χ1n) is 6.08. The van der Waals surface area contributed by atoms with Crippen LogP contribution in [0.2, 0.25) is 0 Å². The van der Waals surface area contributed by atoms with Gasteiger partial charge in [-0.2, -0.15) is 0 Å². The lowest BCUT2D eigenvalue weighted by atomic mass is 9.80. The van der Waals surface area contributed by atoms with E-state index in [9.17, 15) is 0 Å². The topological polar surface area (TPSA) is 9.23 Å². The molecule has 88 valence electrons. The molecule has 1 unspecified atom stereocenters. The summed E-state index contributed by atoms with van der Waals surface area (Å²) < 4.78 is 5.29. The van der Waals surface area contributed by atoms with Crippen molar-refractivity contribution in [1.82, 2.24) is 0 Å². The van der Waals surface area contributed by atoms with Gasteiger partial charge in [-0.1, -0.05) is 22.0 Å². The van der Waals surface area contributed by atoms with E-state index in [1.807, 2.05) is 0 Å². The summed E-state index contributed by atoms with van der Waals surface area (Å²) in [6, 6.07) is 6.59. The second-order valence-electron chi connectivity index (χ2n) is 4.49. The number of methoxy groups -OCH3 is 1. The van der Waals surface area contributed by atoms with E-state index in [1.54, 1.807) is 12.7 Å². The van der Waals surface area contributed by atoms with Crippen LogP contribution >= 0.6 is 15.9 Å². The third-order valence-electron chi connectivity index (χ3n) is 3.47. The van der Waals surface area contributed by atoms with E-state index in [0.29, 0.717) is 0 Å². The molecule has 0 N–H and O–H groups in total. The van der Waals surface area contributed by atoms with Crippen LogP contribution in [0.1, 0.15) is 42.7 Å². The van der Waals surface area contributed by atoms with E-state index in [0.717, 1.165) is 17.0 Å². The normalized spacial score (nSPS) is 19.2. The molecule has 1 aromatic rings. The Kier molecular flexibility index (Phi) is 4.28. The Morgan fingerprint density at radius 2 is 2.31 bits per heavy atom. The number of alkyl halides is 1. The fourth-order valence-electron chi connectivity index (χ4n) is 2.64. The molecule has 0 saturated carbocycles. The number of hydrogen-bond acceptors (Lipinski definition) is 1. The minimum absolute atomic E-state index is 0.771. The van der Waals surface area contributed by atoms with Crippen molar-refractivity contribution in [1.29, 1.82) is 0 Å². The van der Waals surface area contributed by atoms with E-state index >= 15 is 0 Å². The van der Waals surface area contributed by atoms with Crippen molar-refractivity contribution in [2.24, 2.45) is 0 Å². The van der Waals surface area contributed by atoms with Crippen LogP contribution in [0.15, 0.2) is 18.2 Å². The lowest BCUT2D eigenvalue weighted by molar-refractivity contribution is 0.412. The Morgan fingerprint density at radius 1 is 1.44 bits per heavy atom. The predicted octanol–water partition coefficient (Wildman–Crippen LogP) is 4.29. The van der Waals surface area contributed by atoms with Crippen molar-refractivity contribution in [3.05, 3.63) is 29.3 Å². The largest absolute Gasteiger partial charge is 0.497 e. The standard InChI is InChI=1S/C14H19BrO/c1-16-13-7-8-14-11(6-3-9-15)4-2-5-12(14)10-13/h7-8,10-11H,2-6,9H2,1H3. The molecule has 0 radical (unpaired) electrons. The SMILES string of the molecule is COc1ccc2c(c1)CCCC2CCCBr. The molecule has 0 spiro atoms. The van der Waals surface area contributed by atoms with Gasteiger partial charge < -0.3 is 4.74 Å². The van der Waals surface area contributed by atoms with Crippen molar-refractivity contribution in [3.63, 3.8) is 0 Å². The van der Waals surface area contributed by atoms with Gasteiger partial charge in [0.05, 0.1) is 7.11 Å². The number of fused-ring (bicyclic) bond motifs is 1. The fraction of sp³-hybridized carbons (Fsp3) is 0.571. The van der Waals surface area contributed by atoms with E-state index in [2.05, 4.69) is 34.1 Å². The molecule has 1 aliphatic carbocycles. The minimum Gasteiger partial charge on any atom is -0.497 e. The quantitative estimate of drug-likeness (QED) is 0.749. The summed E-state index contributed by atoms with van der Waals surface area (Å²) in [6.45, 7) is 0. The smallest absolute Gasteiger partial charge is 0.119 e. The summed E-state index contributed by atoms with van der Waals surface area (Å²) in [4.78, 5) is 0. The van der Waals surface area contributed by atoms with Crippen molar-refractivity contribution in [2.45, 2.75) is 38.0 Å². The third-order valence-corrected chi connectivity index (χ3v) is 4.04. The molecule has 0 aromatic heterocycles. The van der Waals surface area contributed by atoms with Gasteiger partial charge in [-0.3, -0.25) is 0 Å². The van der Waals surface area contributed by atoms with Crippen molar-refractivity contribution in [2.75, 3.05) is 12.4 Å². The highest BCUT2D eigenvalue weighted by molar-refractivity contribution is 9.09. The molecule has 0 fully saturated rings. The zero-order valence-electron chi connectivity index (χ0n) is 9.84. The average molecular weight is 283 g/mol. The van der Waals surface area contributed by atoms with Crippen LogP contribution in [0, 0.1) is 0 Å². The van der Waals surface area contributed by atoms with Gasteiger partial charge in [-0.25, -0.2) is 0 Å². The third kappa shape index (κ3) is 2.60. The molecule has 0 aliphatic heterocycles. The van der Waals surface area contributed by atoms with Gasteiger partial charge in [0.25, 0.3) is 0 Å². The number of ether oxygens (including phenoxy) is 1. The first kappa shape index (κ1) is 12.0. The average Bonchev–Trinajstić information content (AvgIpc) is 2.35. The molecule has 0 heterocycles. The fourth-order valence-corrected chi connectivity index (χ4v) is 2.97. The maximum Gasteiger partial charge on any atom is 0.119 e. The molecule has 1 atom stereocenters. The zero-order valence-corrected chi connectivity index (χ0v) is 11.4. The van der Waals surface area contributed by atoms with E-state index in [1.165, 1.54) is 37.7 Å². The Morgan fingerprint density at radius 3 is 3.06 bits per heavy atom. The Hall–Kier alpha value is -0.500. The summed E-state index contributed by atoms with van der Waals surface area (Å²) >= 11 is 3.52. The molecule has 0 amide bonds. The molecule has 1 aromatic carbocycles. The van der Waals surface area contributed by atoms with E-state index in [-0.39, 0.29) is 0 Å². The molecule has 0 bridgehead atoms. The lowest BCUT2D eigenvalue weighted by Crippen LogP contribution is -2.10.